The van der Waals surface area contributed by atoms with Gasteiger partial charge in [-0.25, -0.2) is 4.57 Å². The Bertz CT molecular complexity index is 699. The van der Waals surface area contributed by atoms with Crippen LogP contribution >= 0.6 is 7.82 Å². The predicted octanol–water partition coefficient (Wildman–Crippen LogP) is 6.48. The van der Waals surface area contributed by atoms with E-state index in [1.54, 1.807) is 6.08 Å². The van der Waals surface area contributed by atoms with E-state index in [4.69, 9.17) is 14.8 Å². The van der Waals surface area contributed by atoms with Crippen LogP contribution in [-0.4, -0.2) is 47.8 Å². The van der Waals surface area contributed by atoms with Crippen LogP contribution in [0.4, 0.5) is 0 Å². The molecule has 0 aliphatic heterocycles. The van der Waals surface area contributed by atoms with Crippen molar-refractivity contribution in [2.45, 2.75) is 122 Å². The van der Waals surface area contributed by atoms with E-state index in [1.807, 2.05) is 19.1 Å². The molecule has 0 aromatic heterocycles. The molecule has 0 aromatic rings. The summed E-state index contributed by atoms with van der Waals surface area (Å²) in [5.74, 6) is -0.217. The number of aliphatic hydroxyl groups is 1. The number of unbranched alkanes of at least 4 members (excludes halogenated alkanes) is 11. The SMILES string of the molecule is C/C=C/CC/C=C/CC/C=C/C(O)C(COP(=O)(O)OCCN)NC(=O)CCCCCCCCCCCC. The van der Waals surface area contributed by atoms with Gasteiger partial charge in [-0.1, -0.05) is 101 Å². The van der Waals surface area contributed by atoms with Gasteiger partial charge in [-0.2, -0.15) is 0 Å². The number of hydrogen-bond donors (Lipinski definition) is 4. The van der Waals surface area contributed by atoms with Crippen LogP contribution in [0, 0.1) is 0 Å². The second kappa shape index (κ2) is 26.0. The summed E-state index contributed by atoms with van der Waals surface area (Å²) in [5.41, 5.74) is 5.31. The number of phosphoric ester groups is 1. The van der Waals surface area contributed by atoms with E-state index in [9.17, 15) is 19.4 Å². The molecule has 0 fully saturated rings. The summed E-state index contributed by atoms with van der Waals surface area (Å²) in [7, 11) is -4.33. The molecular weight excluding hydrogens is 503 g/mol. The maximum atomic E-state index is 12.5. The van der Waals surface area contributed by atoms with E-state index in [0.717, 1.165) is 44.9 Å². The fraction of sp³-hybridized carbons (Fsp3) is 0.759. The number of nitrogens with one attached hydrogen (secondary N) is 1. The summed E-state index contributed by atoms with van der Waals surface area (Å²) in [4.78, 5) is 22.3. The largest absolute Gasteiger partial charge is 0.472 e. The van der Waals surface area contributed by atoms with Gasteiger partial charge in [-0.05, 0) is 39.0 Å². The van der Waals surface area contributed by atoms with E-state index < -0.39 is 20.0 Å². The van der Waals surface area contributed by atoms with Gasteiger partial charge >= 0.3 is 7.82 Å². The van der Waals surface area contributed by atoms with Crippen LogP contribution in [0.1, 0.15) is 110 Å². The standard InChI is InChI=1S/C29H55N2O6P/c1-3-5-7-9-11-13-15-17-19-21-23-29(33)31-27(26-37-38(34,35)36-25-24-30)28(32)22-20-18-16-14-12-10-8-6-4-2/h4,6,12,14,20,22,27-28,32H,3,5,7-11,13,15-19,21,23-26,30H2,1-2H3,(H,31,33)(H,34,35)/b6-4+,14-12+,22-20+. The molecular formula is C29H55N2O6P. The normalized spacial score (nSPS) is 15.4. The second-order valence-electron chi connectivity index (χ2n) is 9.61. The molecule has 3 atom stereocenters. The molecule has 0 aliphatic rings. The van der Waals surface area contributed by atoms with Gasteiger partial charge < -0.3 is 21.1 Å². The Morgan fingerprint density at radius 2 is 1.45 bits per heavy atom. The third-order valence-electron chi connectivity index (χ3n) is 6.04. The smallest absolute Gasteiger partial charge is 0.387 e. The summed E-state index contributed by atoms with van der Waals surface area (Å²) in [6, 6.07) is -0.875. The average Bonchev–Trinajstić information content (AvgIpc) is 2.89. The van der Waals surface area contributed by atoms with Gasteiger partial charge in [0.15, 0.2) is 0 Å². The first kappa shape index (κ1) is 36.7. The minimum absolute atomic E-state index is 0.0715. The van der Waals surface area contributed by atoms with Crippen molar-refractivity contribution in [1.29, 1.82) is 0 Å². The quantitative estimate of drug-likeness (QED) is 0.0542. The number of aliphatic hydroxyl groups excluding tert-OH is 1. The van der Waals surface area contributed by atoms with Crippen molar-refractivity contribution in [3.05, 3.63) is 36.5 Å². The minimum atomic E-state index is -4.33. The van der Waals surface area contributed by atoms with Crippen molar-refractivity contribution in [3.63, 3.8) is 0 Å². The minimum Gasteiger partial charge on any atom is -0.387 e. The van der Waals surface area contributed by atoms with Gasteiger partial charge in [0.1, 0.15) is 0 Å². The van der Waals surface area contributed by atoms with Crippen LogP contribution in [0.3, 0.4) is 0 Å². The highest BCUT2D eigenvalue weighted by Crippen LogP contribution is 2.43. The molecule has 3 unspecified atom stereocenters. The highest BCUT2D eigenvalue weighted by Gasteiger charge is 2.26. The van der Waals surface area contributed by atoms with Crippen LogP contribution in [-0.2, 0) is 18.4 Å². The number of rotatable bonds is 26. The van der Waals surface area contributed by atoms with Gasteiger partial charge in [0.2, 0.25) is 5.91 Å². The van der Waals surface area contributed by atoms with Crippen molar-refractivity contribution in [2.24, 2.45) is 5.73 Å². The lowest BCUT2D eigenvalue weighted by Crippen LogP contribution is -2.45. The molecule has 222 valence electrons. The second-order valence-corrected chi connectivity index (χ2v) is 11.1. The molecule has 8 nitrogen and oxygen atoms in total. The van der Waals surface area contributed by atoms with Crippen molar-refractivity contribution >= 4 is 13.7 Å². The third kappa shape index (κ3) is 23.8. The van der Waals surface area contributed by atoms with E-state index in [2.05, 4.69) is 30.5 Å². The molecule has 0 saturated heterocycles. The summed E-state index contributed by atoms with van der Waals surface area (Å²) < 4.78 is 21.8. The molecule has 38 heavy (non-hydrogen) atoms. The molecule has 0 aliphatic carbocycles. The van der Waals surface area contributed by atoms with Gasteiger partial charge in [0.05, 0.1) is 25.4 Å². The fourth-order valence-electron chi connectivity index (χ4n) is 3.81. The predicted molar refractivity (Wildman–Crippen MR) is 157 cm³/mol. The highest BCUT2D eigenvalue weighted by molar-refractivity contribution is 7.47. The van der Waals surface area contributed by atoms with Crippen LogP contribution < -0.4 is 11.1 Å². The van der Waals surface area contributed by atoms with Crippen LogP contribution in [0.5, 0.6) is 0 Å². The Balaban J connectivity index is 4.55. The lowest BCUT2D eigenvalue weighted by atomic mass is 10.1. The maximum absolute atomic E-state index is 12.5. The van der Waals surface area contributed by atoms with Crippen molar-refractivity contribution < 1.29 is 28.4 Å². The Kier molecular flexibility index (Phi) is 25.1. The molecule has 0 radical (unpaired) electrons. The number of carbonyl (C=O) groups is 1. The molecule has 0 heterocycles. The topological polar surface area (TPSA) is 131 Å². The zero-order chi connectivity index (χ0) is 28.3. The Labute approximate surface area is 231 Å². The molecule has 1 amide bonds. The molecule has 0 spiro atoms. The van der Waals surface area contributed by atoms with Gasteiger partial charge in [-0.15, -0.1) is 0 Å². The molecule has 0 rings (SSSR count). The monoisotopic (exact) mass is 558 g/mol. The van der Waals surface area contributed by atoms with E-state index in [-0.39, 0.29) is 25.7 Å². The third-order valence-corrected chi connectivity index (χ3v) is 7.03. The zero-order valence-corrected chi connectivity index (χ0v) is 24.8. The van der Waals surface area contributed by atoms with Gasteiger partial charge in [0.25, 0.3) is 0 Å². The first-order chi connectivity index (χ1) is 18.4. The van der Waals surface area contributed by atoms with E-state index in [1.165, 1.54) is 44.9 Å². The number of allylic oxidation sites excluding steroid dienone is 5. The van der Waals surface area contributed by atoms with Crippen LogP contribution in [0.15, 0.2) is 36.5 Å². The molecule has 9 heteroatoms. The average molecular weight is 559 g/mol. The van der Waals surface area contributed by atoms with Crippen LogP contribution in [0.2, 0.25) is 0 Å². The zero-order valence-electron chi connectivity index (χ0n) is 23.9. The maximum Gasteiger partial charge on any atom is 0.472 e. The summed E-state index contributed by atoms with van der Waals surface area (Å²) in [6.45, 7) is 3.81. The molecule has 0 aromatic carbocycles. The number of hydrogen-bond acceptors (Lipinski definition) is 6. The number of nitrogens with two attached hydrogens (primary N) is 1. The van der Waals surface area contributed by atoms with Gasteiger partial charge in [-0.3, -0.25) is 13.8 Å². The molecule has 0 saturated carbocycles. The van der Waals surface area contributed by atoms with E-state index in [0.29, 0.717) is 6.42 Å². The first-order valence-corrected chi connectivity index (χ1v) is 16.1. The van der Waals surface area contributed by atoms with Crippen molar-refractivity contribution in [1.82, 2.24) is 5.32 Å². The number of amides is 1. The Morgan fingerprint density at radius 3 is 2.03 bits per heavy atom. The summed E-state index contributed by atoms with van der Waals surface area (Å²) >= 11 is 0. The lowest BCUT2D eigenvalue weighted by molar-refractivity contribution is -0.123. The Hall–Kier alpha value is -1.28. The van der Waals surface area contributed by atoms with Crippen molar-refractivity contribution in [2.75, 3.05) is 19.8 Å². The van der Waals surface area contributed by atoms with Crippen LogP contribution in [0.25, 0.3) is 0 Å². The van der Waals surface area contributed by atoms with Gasteiger partial charge in [0, 0.05) is 13.0 Å². The first-order valence-electron chi connectivity index (χ1n) is 14.6. The van der Waals surface area contributed by atoms with Crippen molar-refractivity contribution in [3.8, 4) is 0 Å². The number of phosphoric acid groups is 1. The Morgan fingerprint density at radius 1 is 0.895 bits per heavy atom. The van der Waals surface area contributed by atoms with E-state index >= 15 is 0 Å². The lowest BCUT2D eigenvalue weighted by Gasteiger charge is -2.23. The molecule has 0 bridgehead atoms. The fourth-order valence-corrected chi connectivity index (χ4v) is 4.57. The molecule has 5 N–H and O–H groups in total. The summed E-state index contributed by atoms with van der Waals surface area (Å²) in [5, 5.41) is 13.4. The summed E-state index contributed by atoms with van der Waals surface area (Å²) in [6.07, 6.45) is 26.4. The highest BCUT2D eigenvalue weighted by atomic mass is 31.2. The number of carbonyl (C=O) groups excluding carboxylic acids is 1.